The normalized spacial score (nSPS) is 11.9. The fourth-order valence-corrected chi connectivity index (χ4v) is 4.65. The van der Waals surface area contributed by atoms with Crippen molar-refractivity contribution in [2.45, 2.75) is 38.5 Å². The van der Waals surface area contributed by atoms with Crippen LogP contribution >= 0.6 is 35.0 Å². The van der Waals surface area contributed by atoms with Gasteiger partial charge >= 0.3 is 0 Å². The molecule has 0 aliphatic carbocycles. The highest BCUT2D eigenvalue weighted by Gasteiger charge is 2.27. The highest BCUT2D eigenvalue weighted by molar-refractivity contribution is 7.99. The molecule has 1 atom stereocenters. The third kappa shape index (κ3) is 6.87. The third-order valence-electron chi connectivity index (χ3n) is 5.27. The Morgan fingerprint density at radius 1 is 1.19 bits per heavy atom. The van der Waals surface area contributed by atoms with Crippen LogP contribution in [0, 0.1) is 18.7 Å². The van der Waals surface area contributed by atoms with Gasteiger partial charge in [-0.05, 0) is 48.7 Å². The lowest BCUT2D eigenvalue weighted by molar-refractivity contribution is -0.113. The molecule has 0 saturated carbocycles. The highest BCUT2D eigenvalue weighted by Crippen LogP contribution is 2.27. The van der Waals surface area contributed by atoms with Crippen LogP contribution in [-0.2, 0) is 11.3 Å². The molecule has 3 aromatic rings. The number of rotatable bonds is 10. The fourth-order valence-electron chi connectivity index (χ4n) is 3.40. The largest absolute Gasteiger partial charge is 0.342 e. The molecule has 0 fully saturated rings. The van der Waals surface area contributed by atoms with E-state index < -0.39 is 11.9 Å². The van der Waals surface area contributed by atoms with Crippen LogP contribution < -0.4 is 10.6 Å². The zero-order valence-electron chi connectivity index (χ0n) is 20.0. The summed E-state index contributed by atoms with van der Waals surface area (Å²) < 4.78 is 15.3. The number of carbonyl (C=O) groups is 2. The molecule has 0 unspecified atom stereocenters. The van der Waals surface area contributed by atoms with Gasteiger partial charge < -0.3 is 15.2 Å². The Morgan fingerprint density at radius 2 is 1.94 bits per heavy atom. The van der Waals surface area contributed by atoms with Gasteiger partial charge in [-0.25, -0.2) is 4.39 Å². The Bertz CT molecular complexity index is 1280. The summed E-state index contributed by atoms with van der Waals surface area (Å²) in [5.41, 5.74) is 1.46. The summed E-state index contributed by atoms with van der Waals surface area (Å²) in [6.45, 7) is 9.85. The van der Waals surface area contributed by atoms with Crippen molar-refractivity contribution in [1.82, 2.24) is 20.1 Å². The SMILES string of the molecule is C=CCn1c(SCC(=O)Nc2cc(F)ccc2C)nnc1[C@H](NC(=O)c1ccc(Cl)cc1Cl)C(C)C. The second-order valence-corrected chi connectivity index (χ2v) is 10.1. The smallest absolute Gasteiger partial charge is 0.253 e. The average Bonchev–Trinajstić information content (AvgIpc) is 3.20. The molecule has 11 heteroatoms. The Kier molecular flexibility index (Phi) is 9.53. The molecule has 2 amide bonds. The van der Waals surface area contributed by atoms with Gasteiger partial charge in [-0.1, -0.05) is 61.0 Å². The van der Waals surface area contributed by atoms with Crippen molar-refractivity contribution in [3.8, 4) is 0 Å². The van der Waals surface area contributed by atoms with E-state index in [9.17, 15) is 14.0 Å². The molecule has 0 saturated heterocycles. The lowest BCUT2D eigenvalue weighted by Gasteiger charge is -2.23. The second-order valence-electron chi connectivity index (χ2n) is 8.36. The maximum atomic E-state index is 13.5. The number of thioether (sulfide) groups is 1. The minimum absolute atomic E-state index is 0.0321. The molecular formula is C25H26Cl2FN5O2S. The molecule has 0 aliphatic heterocycles. The lowest BCUT2D eigenvalue weighted by Crippen LogP contribution is -2.34. The number of aromatic nitrogens is 3. The first-order valence-electron chi connectivity index (χ1n) is 11.1. The number of hydrogen-bond acceptors (Lipinski definition) is 5. The monoisotopic (exact) mass is 549 g/mol. The summed E-state index contributed by atoms with van der Waals surface area (Å²) in [6.07, 6.45) is 1.68. The number of nitrogens with one attached hydrogen (secondary N) is 2. The van der Waals surface area contributed by atoms with Crippen LogP contribution in [0.3, 0.4) is 0 Å². The molecule has 3 rings (SSSR count). The first-order chi connectivity index (χ1) is 17.1. The summed E-state index contributed by atoms with van der Waals surface area (Å²) in [5, 5.41) is 15.4. The molecule has 0 bridgehead atoms. The summed E-state index contributed by atoms with van der Waals surface area (Å²) >= 11 is 13.3. The Balaban J connectivity index is 1.78. The Labute approximate surface area is 223 Å². The number of hydrogen-bond donors (Lipinski definition) is 2. The van der Waals surface area contributed by atoms with Gasteiger partial charge in [-0.2, -0.15) is 0 Å². The molecule has 0 radical (unpaired) electrons. The van der Waals surface area contributed by atoms with E-state index in [0.29, 0.717) is 33.8 Å². The van der Waals surface area contributed by atoms with Crippen molar-refractivity contribution in [3.63, 3.8) is 0 Å². The molecule has 36 heavy (non-hydrogen) atoms. The van der Waals surface area contributed by atoms with E-state index in [4.69, 9.17) is 23.2 Å². The van der Waals surface area contributed by atoms with E-state index in [1.54, 1.807) is 35.8 Å². The highest BCUT2D eigenvalue weighted by atomic mass is 35.5. The number of carbonyl (C=O) groups excluding carboxylic acids is 2. The quantitative estimate of drug-likeness (QED) is 0.236. The van der Waals surface area contributed by atoms with Crippen LogP contribution in [0.1, 0.15) is 41.6 Å². The molecule has 1 aromatic heterocycles. The van der Waals surface area contributed by atoms with Crippen LogP contribution in [0.5, 0.6) is 0 Å². The van der Waals surface area contributed by atoms with Gasteiger partial charge in [0.15, 0.2) is 11.0 Å². The Morgan fingerprint density at radius 3 is 2.61 bits per heavy atom. The summed E-state index contributed by atoms with van der Waals surface area (Å²) in [5.74, 6) is -0.598. The van der Waals surface area contributed by atoms with Crippen molar-refractivity contribution in [3.05, 3.63) is 81.9 Å². The predicted molar refractivity (Wildman–Crippen MR) is 142 cm³/mol. The number of anilines is 1. The molecule has 0 spiro atoms. The summed E-state index contributed by atoms with van der Waals surface area (Å²) in [6, 6.07) is 8.39. The second kappa shape index (κ2) is 12.4. The number of benzene rings is 2. The molecule has 190 valence electrons. The van der Waals surface area contributed by atoms with E-state index in [0.717, 1.165) is 5.56 Å². The number of amides is 2. The first kappa shape index (κ1) is 27.7. The molecule has 0 aliphatic rings. The van der Waals surface area contributed by atoms with Gasteiger partial charge in [0.25, 0.3) is 5.91 Å². The molecule has 2 aromatic carbocycles. The van der Waals surface area contributed by atoms with Crippen LogP contribution in [0.2, 0.25) is 10.0 Å². The van der Waals surface area contributed by atoms with Crippen molar-refractivity contribution >= 4 is 52.5 Å². The lowest BCUT2D eigenvalue weighted by atomic mass is 10.0. The maximum absolute atomic E-state index is 13.5. The van der Waals surface area contributed by atoms with E-state index in [1.165, 1.54) is 30.0 Å². The minimum atomic E-state index is -0.491. The van der Waals surface area contributed by atoms with Crippen molar-refractivity contribution in [1.29, 1.82) is 0 Å². The molecule has 2 N–H and O–H groups in total. The van der Waals surface area contributed by atoms with Crippen LogP contribution in [-0.4, -0.2) is 32.3 Å². The number of allylic oxidation sites excluding steroid dienone is 1. The Hall–Kier alpha value is -2.88. The first-order valence-corrected chi connectivity index (χ1v) is 12.8. The third-order valence-corrected chi connectivity index (χ3v) is 6.78. The van der Waals surface area contributed by atoms with Crippen molar-refractivity contribution in [2.75, 3.05) is 11.1 Å². The van der Waals surface area contributed by atoms with Crippen LogP contribution in [0.25, 0.3) is 0 Å². The van der Waals surface area contributed by atoms with Crippen molar-refractivity contribution < 1.29 is 14.0 Å². The van der Waals surface area contributed by atoms with Crippen molar-refractivity contribution in [2.24, 2.45) is 5.92 Å². The standard InChI is InChI=1S/C25H26Cl2FN5O2S/c1-5-10-33-23(22(14(2)3)30-24(35)18-9-7-16(26)11-19(18)27)31-32-25(33)36-13-21(34)29-20-12-17(28)8-6-15(20)4/h5-9,11-12,14,22H,1,10,13H2,2-4H3,(H,29,34)(H,30,35)/t22-/m1/s1. The summed E-state index contributed by atoms with van der Waals surface area (Å²) in [7, 11) is 0. The predicted octanol–water partition coefficient (Wildman–Crippen LogP) is 6.08. The number of nitrogens with zero attached hydrogens (tertiary/aromatic N) is 3. The maximum Gasteiger partial charge on any atom is 0.253 e. The fraction of sp³-hybridized carbons (Fsp3) is 0.280. The van der Waals surface area contributed by atoms with E-state index in [-0.39, 0.29) is 28.5 Å². The number of halogens is 3. The van der Waals surface area contributed by atoms with Gasteiger partial charge in [-0.15, -0.1) is 16.8 Å². The van der Waals surface area contributed by atoms with Gasteiger partial charge in [0, 0.05) is 17.3 Å². The molecule has 7 nitrogen and oxygen atoms in total. The topological polar surface area (TPSA) is 88.9 Å². The average molecular weight is 550 g/mol. The van der Waals surface area contributed by atoms with Crippen LogP contribution in [0.4, 0.5) is 10.1 Å². The van der Waals surface area contributed by atoms with Gasteiger partial charge in [0.2, 0.25) is 5.91 Å². The van der Waals surface area contributed by atoms with E-state index in [2.05, 4.69) is 27.4 Å². The zero-order chi connectivity index (χ0) is 26.4. The summed E-state index contributed by atoms with van der Waals surface area (Å²) in [4.78, 5) is 25.5. The van der Waals surface area contributed by atoms with Gasteiger partial charge in [0.1, 0.15) is 5.82 Å². The van der Waals surface area contributed by atoms with Crippen LogP contribution in [0.15, 0.2) is 54.2 Å². The van der Waals surface area contributed by atoms with Gasteiger partial charge in [-0.3, -0.25) is 9.59 Å². The van der Waals surface area contributed by atoms with Gasteiger partial charge in [0.05, 0.1) is 22.4 Å². The van der Waals surface area contributed by atoms with E-state index >= 15 is 0 Å². The molecule has 1 heterocycles. The zero-order valence-corrected chi connectivity index (χ0v) is 22.3. The van der Waals surface area contributed by atoms with E-state index in [1.807, 2.05) is 13.8 Å². The molecular weight excluding hydrogens is 524 g/mol. The minimum Gasteiger partial charge on any atom is -0.342 e. The number of aryl methyl sites for hydroxylation is 1.